The highest BCUT2D eigenvalue weighted by molar-refractivity contribution is 14.0. The van der Waals surface area contributed by atoms with Crippen LogP contribution in [-0.4, -0.2) is 35.9 Å². The number of halogens is 1. The number of hydrogen-bond acceptors (Lipinski definition) is 2. The van der Waals surface area contributed by atoms with E-state index in [9.17, 15) is 0 Å². The van der Waals surface area contributed by atoms with Crippen LogP contribution in [0.5, 0.6) is 0 Å². The number of aromatic nitrogens is 2. The Morgan fingerprint density at radius 1 is 1.23 bits per heavy atom. The van der Waals surface area contributed by atoms with Gasteiger partial charge in [-0.2, -0.15) is 5.10 Å². The molecule has 0 saturated heterocycles. The van der Waals surface area contributed by atoms with Crippen LogP contribution in [0.3, 0.4) is 0 Å². The Balaban J connectivity index is 0.00000243. The number of hydrogen-bond donors (Lipinski definition) is 2. The van der Waals surface area contributed by atoms with Crippen LogP contribution in [0.1, 0.15) is 38.2 Å². The minimum atomic E-state index is 0. The molecule has 1 aromatic carbocycles. The standard InChI is InChI=1S/C20H29N5.HI/c1-3-20(11-4-12-20)16-23-19(21-2)22-14-10-17-6-8-18(9-7-17)25-15-5-13-24-25;/h5-9,13,15H,3-4,10-12,14,16H2,1-2H3,(H2,21,22,23);1H. The van der Waals surface area contributed by atoms with E-state index in [0.717, 1.165) is 31.2 Å². The van der Waals surface area contributed by atoms with Gasteiger partial charge in [0.1, 0.15) is 0 Å². The molecule has 0 spiro atoms. The zero-order valence-electron chi connectivity index (χ0n) is 15.7. The molecule has 1 fully saturated rings. The van der Waals surface area contributed by atoms with Gasteiger partial charge >= 0.3 is 0 Å². The van der Waals surface area contributed by atoms with E-state index in [0.29, 0.717) is 5.41 Å². The molecule has 6 heteroatoms. The first-order valence-electron chi connectivity index (χ1n) is 9.28. The molecule has 26 heavy (non-hydrogen) atoms. The first-order valence-corrected chi connectivity index (χ1v) is 9.28. The van der Waals surface area contributed by atoms with E-state index in [4.69, 9.17) is 0 Å². The summed E-state index contributed by atoms with van der Waals surface area (Å²) in [6, 6.07) is 10.5. The lowest BCUT2D eigenvalue weighted by Crippen LogP contribution is -2.46. The van der Waals surface area contributed by atoms with Crippen molar-refractivity contribution in [2.75, 3.05) is 20.1 Å². The monoisotopic (exact) mass is 467 g/mol. The Labute approximate surface area is 173 Å². The van der Waals surface area contributed by atoms with Gasteiger partial charge in [0.15, 0.2) is 5.96 Å². The minimum absolute atomic E-state index is 0. The lowest BCUT2D eigenvalue weighted by Gasteiger charge is -2.41. The smallest absolute Gasteiger partial charge is 0.191 e. The average molecular weight is 467 g/mol. The van der Waals surface area contributed by atoms with Crippen molar-refractivity contribution in [1.29, 1.82) is 0 Å². The Morgan fingerprint density at radius 3 is 2.54 bits per heavy atom. The first-order chi connectivity index (χ1) is 12.2. The van der Waals surface area contributed by atoms with Crippen molar-refractivity contribution >= 4 is 29.9 Å². The van der Waals surface area contributed by atoms with E-state index < -0.39 is 0 Å². The van der Waals surface area contributed by atoms with Crippen LogP contribution < -0.4 is 10.6 Å². The van der Waals surface area contributed by atoms with Gasteiger partial charge in [0.25, 0.3) is 0 Å². The summed E-state index contributed by atoms with van der Waals surface area (Å²) in [7, 11) is 1.84. The van der Waals surface area contributed by atoms with E-state index in [1.165, 1.54) is 31.2 Å². The Bertz CT molecular complexity index is 669. The number of guanidine groups is 1. The highest BCUT2D eigenvalue weighted by atomic mass is 127. The third kappa shape index (κ3) is 5.22. The number of rotatable bonds is 7. The van der Waals surface area contributed by atoms with Crippen molar-refractivity contribution in [2.24, 2.45) is 10.4 Å². The van der Waals surface area contributed by atoms with Gasteiger partial charge in [-0.3, -0.25) is 4.99 Å². The summed E-state index contributed by atoms with van der Waals surface area (Å²) in [4.78, 5) is 4.35. The van der Waals surface area contributed by atoms with Gasteiger partial charge in [-0.1, -0.05) is 25.5 Å². The lowest BCUT2D eigenvalue weighted by atomic mass is 9.67. The Kier molecular flexibility index (Phi) is 7.93. The van der Waals surface area contributed by atoms with Crippen LogP contribution in [0, 0.1) is 5.41 Å². The summed E-state index contributed by atoms with van der Waals surface area (Å²) < 4.78 is 1.87. The van der Waals surface area contributed by atoms with E-state index in [1.807, 2.05) is 24.0 Å². The maximum Gasteiger partial charge on any atom is 0.191 e. The SMILES string of the molecule is CCC1(CNC(=NC)NCCc2ccc(-n3cccn3)cc2)CCC1.I. The van der Waals surface area contributed by atoms with Crippen molar-refractivity contribution in [3.05, 3.63) is 48.3 Å². The first kappa shape index (κ1) is 20.7. The molecule has 3 rings (SSSR count). The minimum Gasteiger partial charge on any atom is -0.356 e. The van der Waals surface area contributed by atoms with E-state index in [1.54, 1.807) is 6.20 Å². The largest absolute Gasteiger partial charge is 0.356 e. The second-order valence-electron chi connectivity index (χ2n) is 6.93. The van der Waals surface area contributed by atoms with E-state index in [2.05, 4.69) is 51.9 Å². The maximum absolute atomic E-state index is 4.35. The molecule has 0 radical (unpaired) electrons. The normalized spacial score (nSPS) is 15.7. The van der Waals surface area contributed by atoms with E-state index >= 15 is 0 Å². The Morgan fingerprint density at radius 2 is 2.00 bits per heavy atom. The van der Waals surface area contributed by atoms with Gasteiger partial charge in [0, 0.05) is 32.5 Å². The van der Waals surface area contributed by atoms with Gasteiger partial charge in [-0.05, 0) is 54.9 Å². The average Bonchev–Trinajstić information content (AvgIpc) is 3.15. The molecule has 0 aliphatic heterocycles. The van der Waals surface area contributed by atoms with Gasteiger partial charge < -0.3 is 10.6 Å². The van der Waals surface area contributed by atoms with Gasteiger partial charge in [-0.25, -0.2) is 4.68 Å². The van der Waals surface area contributed by atoms with Crippen LogP contribution >= 0.6 is 24.0 Å². The molecule has 0 atom stereocenters. The van der Waals surface area contributed by atoms with Crippen LogP contribution in [-0.2, 0) is 6.42 Å². The molecule has 1 aromatic heterocycles. The van der Waals surface area contributed by atoms with Crippen molar-refractivity contribution in [3.8, 4) is 5.69 Å². The third-order valence-corrected chi connectivity index (χ3v) is 5.43. The quantitative estimate of drug-likeness (QED) is 0.370. The van der Waals surface area contributed by atoms with Crippen LogP contribution in [0.15, 0.2) is 47.7 Å². The molecule has 0 bridgehead atoms. The molecule has 5 nitrogen and oxygen atoms in total. The number of benzene rings is 1. The molecule has 2 N–H and O–H groups in total. The van der Waals surface area contributed by atoms with Crippen LogP contribution in [0.25, 0.3) is 5.69 Å². The molecule has 1 heterocycles. The predicted molar refractivity (Wildman–Crippen MR) is 119 cm³/mol. The summed E-state index contributed by atoms with van der Waals surface area (Å²) in [6.07, 6.45) is 10.0. The molecular weight excluding hydrogens is 437 g/mol. The second kappa shape index (κ2) is 9.94. The molecule has 2 aromatic rings. The summed E-state index contributed by atoms with van der Waals surface area (Å²) in [6.45, 7) is 4.20. The van der Waals surface area contributed by atoms with Crippen LogP contribution in [0.2, 0.25) is 0 Å². The summed E-state index contributed by atoms with van der Waals surface area (Å²) >= 11 is 0. The maximum atomic E-state index is 4.35. The van der Waals surface area contributed by atoms with Crippen molar-refractivity contribution < 1.29 is 0 Å². The summed E-state index contributed by atoms with van der Waals surface area (Å²) in [5.74, 6) is 0.910. The fourth-order valence-corrected chi connectivity index (χ4v) is 3.39. The summed E-state index contributed by atoms with van der Waals surface area (Å²) in [5.41, 5.74) is 2.90. The van der Waals surface area contributed by atoms with Gasteiger partial charge in [-0.15, -0.1) is 24.0 Å². The number of nitrogens with one attached hydrogen (secondary N) is 2. The van der Waals surface area contributed by atoms with Crippen molar-refractivity contribution in [3.63, 3.8) is 0 Å². The molecule has 1 saturated carbocycles. The molecule has 142 valence electrons. The van der Waals surface area contributed by atoms with E-state index in [-0.39, 0.29) is 24.0 Å². The second-order valence-corrected chi connectivity index (χ2v) is 6.93. The molecule has 0 amide bonds. The van der Waals surface area contributed by atoms with Gasteiger partial charge in [0.05, 0.1) is 5.69 Å². The number of aliphatic imine (C=N–C) groups is 1. The van der Waals surface area contributed by atoms with Crippen molar-refractivity contribution in [1.82, 2.24) is 20.4 Å². The lowest BCUT2D eigenvalue weighted by molar-refractivity contribution is 0.131. The molecular formula is C20H30IN5. The Hall–Kier alpha value is -1.57. The molecule has 1 aliphatic rings. The third-order valence-electron chi connectivity index (χ3n) is 5.43. The fourth-order valence-electron chi connectivity index (χ4n) is 3.39. The fraction of sp³-hybridized carbons (Fsp3) is 0.500. The highest BCUT2D eigenvalue weighted by Crippen LogP contribution is 2.42. The topological polar surface area (TPSA) is 54.2 Å². The van der Waals surface area contributed by atoms with Crippen LogP contribution in [0.4, 0.5) is 0 Å². The molecule has 1 aliphatic carbocycles. The number of nitrogens with zero attached hydrogens (tertiary/aromatic N) is 3. The van der Waals surface area contributed by atoms with Crippen molar-refractivity contribution in [2.45, 2.75) is 39.0 Å². The predicted octanol–water partition coefficient (Wildman–Crippen LogP) is 3.78. The zero-order valence-corrected chi connectivity index (χ0v) is 18.1. The zero-order chi connectivity index (χ0) is 17.5. The molecule has 0 unspecified atom stereocenters. The van der Waals surface area contributed by atoms with Gasteiger partial charge in [0.2, 0.25) is 0 Å². The highest BCUT2D eigenvalue weighted by Gasteiger charge is 2.34. The summed E-state index contributed by atoms with van der Waals surface area (Å²) in [5, 5.41) is 11.2.